The number of amides is 2. The third-order valence-electron chi connectivity index (χ3n) is 3.94. The summed E-state index contributed by atoms with van der Waals surface area (Å²) in [6.45, 7) is 3.04. The molecule has 2 aromatic rings. The molecule has 0 bridgehead atoms. The van der Waals surface area contributed by atoms with Crippen molar-refractivity contribution < 1.29 is 9.53 Å². The third-order valence-corrected chi connectivity index (χ3v) is 3.94. The van der Waals surface area contributed by atoms with Crippen LogP contribution >= 0.6 is 0 Å². The predicted octanol–water partition coefficient (Wildman–Crippen LogP) is 2.44. The second-order valence-corrected chi connectivity index (χ2v) is 5.34. The van der Waals surface area contributed by atoms with Gasteiger partial charge in [-0.15, -0.1) is 0 Å². The molecule has 0 radical (unpaired) electrons. The van der Waals surface area contributed by atoms with Gasteiger partial charge in [-0.1, -0.05) is 0 Å². The molecule has 1 aliphatic heterocycles. The molecule has 0 unspecified atom stereocenters. The Bertz CT molecular complexity index is 637. The highest BCUT2D eigenvalue weighted by molar-refractivity contribution is 5.89. The molecule has 0 aliphatic carbocycles. The van der Waals surface area contributed by atoms with E-state index < -0.39 is 0 Å². The fourth-order valence-corrected chi connectivity index (χ4v) is 2.60. The summed E-state index contributed by atoms with van der Waals surface area (Å²) in [7, 11) is 1.62. The third kappa shape index (κ3) is 3.71. The summed E-state index contributed by atoms with van der Waals surface area (Å²) in [6.07, 6.45) is 3.58. The Labute approximate surface area is 135 Å². The Kier molecular flexibility index (Phi) is 4.61. The molecule has 2 heterocycles. The largest absolute Gasteiger partial charge is 0.497 e. The fourth-order valence-electron chi connectivity index (χ4n) is 2.60. The van der Waals surface area contributed by atoms with E-state index in [9.17, 15) is 4.79 Å². The van der Waals surface area contributed by atoms with Gasteiger partial charge in [0.1, 0.15) is 5.75 Å². The van der Waals surface area contributed by atoms with Gasteiger partial charge in [-0.25, -0.2) is 4.79 Å². The minimum Gasteiger partial charge on any atom is -0.497 e. The lowest BCUT2D eigenvalue weighted by atomic mass is 10.2. The van der Waals surface area contributed by atoms with Crippen molar-refractivity contribution in [2.75, 3.05) is 43.5 Å². The van der Waals surface area contributed by atoms with E-state index >= 15 is 0 Å². The molecule has 6 nitrogen and oxygen atoms in total. The molecule has 120 valence electrons. The van der Waals surface area contributed by atoms with Crippen molar-refractivity contribution in [1.82, 2.24) is 9.88 Å². The number of ether oxygens (including phenoxy) is 1. The van der Waals surface area contributed by atoms with Gasteiger partial charge >= 0.3 is 6.03 Å². The van der Waals surface area contributed by atoms with Crippen molar-refractivity contribution in [3.63, 3.8) is 0 Å². The number of carbonyl (C=O) groups excluding carboxylic acids is 1. The van der Waals surface area contributed by atoms with Gasteiger partial charge in [0.05, 0.1) is 7.11 Å². The van der Waals surface area contributed by atoms with Gasteiger partial charge in [0.2, 0.25) is 0 Å². The van der Waals surface area contributed by atoms with Gasteiger partial charge in [-0.3, -0.25) is 4.98 Å². The molecule has 3 rings (SSSR count). The van der Waals surface area contributed by atoms with E-state index in [1.54, 1.807) is 19.5 Å². The van der Waals surface area contributed by atoms with Gasteiger partial charge < -0.3 is 19.9 Å². The molecule has 0 saturated carbocycles. The number of urea groups is 1. The average Bonchev–Trinajstić information content (AvgIpc) is 2.63. The molecule has 1 aliphatic rings. The van der Waals surface area contributed by atoms with E-state index in [0.29, 0.717) is 13.1 Å². The van der Waals surface area contributed by atoms with Crippen molar-refractivity contribution in [3.05, 3.63) is 48.8 Å². The van der Waals surface area contributed by atoms with E-state index in [1.165, 1.54) is 0 Å². The molecule has 1 aromatic heterocycles. The highest BCUT2D eigenvalue weighted by Gasteiger charge is 2.21. The van der Waals surface area contributed by atoms with Crippen LogP contribution in [0.2, 0.25) is 0 Å². The molecule has 1 N–H and O–H groups in total. The molecule has 2 amide bonds. The number of rotatable bonds is 3. The number of carbonyl (C=O) groups is 1. The van der Waals surface area contributed by atoms with Crippen LogP contribution in [-0.4, -0.2) is 49.2 Å². The number of piperazine rings is 1. The van der Waals surface area contributed by atoms with Gasteiger partial charge in [0, 0.05) is 49.9 Å². The Hall–Kier alpha value is -2.76. The number of aromatic nitrogens is 1. The zero-order valence-corrected chi connectivity index (χ0v) is 13.1. The Balaban J connectivity index is 1.53. The minimum absolute atomic E-state index is 0.0652. The molecule has 1 fully saturated rings. The lowest BCUT2D eigenvalue weighted by Gasteiger charge is -2.36. The van der Waals surface area contributed by atoms with Crippen LogP contribution in [0.3, 0.4) is 0 Å². The summed E-state index contributed by atoms with van der Waals surface area (Å²) >= 11 is 0. The average molecular weight is 312 g/mol. The maximum atomic E-state index is 12.3. The quantitative estimate of drug-likeness (QED) is 0.946. The minimum atomic E-state index is -0.0652. The second kappa shape index (κ2) is 7.00. The number of nitrogens with zero attached hydrogens (tertiary/aromatic N) is 3. The monoisotopic (exact) mass is 312 g/mol. The topological polar surface area (TPSA) is 57.7 Å². The van der Waals surface area contributed by atoms with E-state index in [-0.39, 0.29) is 6.03 Å². The Morgan fingerprint density at radius 3 is 2.30 bits per heavy atom. The second-order valence-electron chi connectivity index (χ2n) is 5.34. The first-order valence-corrected chi connectivity index (χ1v) is 7.61. The molecule has 1 aromatic carbocycles. The number of pyridine rings is 1. The van der Waals surface area contributed by atoms with Crippen LogP contribution in [0, 0.1) is 0 Å². The standard InChI is InChI=1S/C17H20N4O2/c1-23-16-4-2-14(3-5-16)19-17(22)21-12-10-20(11-13-21)15-6-8-18-9-7-15/h2-9H,10-13H2,1H3,(H,19,22). The van der Waals surface area contributed by atoms with E-state index in [0.717, 1.165) is 30.2 Å². The summed E-state index contributed by atoms with van der Waals surface area (Å²) in [5, 5.41) is 2.92. The summed E-state index contributed by atoms with van der Waals surface area (Å²) in [6, 6.07) is 11.3. The molecule has 23 heavy (non-hydrogen) atoms. The van der Waals surface area contributed by atoms with Crippen LogP contribution in [0.15, 0.2) is 48.8 Å². The lowest BCUT2D eigenvalue weighted by molar-refractivity contribution is 0.208. The van der Waals surface area contributed by atoms with Crippen LogP contribution < -0.4 is 15.0 Å². The number of hydrogen-bond donors (Lipinski definition) is 1. The number of hydrogen-bond acceptors (Lipinski definition) is 4. The SMILES string of the molecule is COc1ccc(NC(=O)N2CCN(c3ccncc3)CC2)cc1. The van der Waals surface area contributed by atoms with Crippen LogP contribution in [0.1, 0.15) is 0 Å². The molecular formula is C17H20N4O2. The van der Waals surface area contributed by atoms with Crippen molar-refractivity contribution in [3.8, 4) is 5.75 Å². The molecule has 0 spiro atoms. The summed E-state index contributed by atoms with van der Waals surface area (Å²) < 4.78 is 5.11. The fraction of sp³-hybridized carbons (Fsp3) is 0.294. The Morgan fingerprint density at radius 1 is 1.04 bits per heavy atom. The molecule has 6 heteroatoms. The molecular weight excluding hydrogens is 292 g/mol. The zero-order valence-electron chi connectivity index (χ0n) is 13.1. The first-order valence-electron chi connectivity index (χ1n) is 7.61. The highest BCUT2D eigenvalue weighted by Crippen LogP contribution is 2.17. The van der Waals surface area contributed by atoms with Crippen molar-refractivity contribution in [2.24, 2.45) is 0 Å². The van der Waals surface area contributed by atoms with Gasteiger partial charge in [-0.05, 0) is 36.4 Å². The predicted molar refractivity (Wildman–Crippen MR) is 90.0 cm³/mol. The number of benzene rings is 1. The highest BCUT2D eigenvalue weighted by atomic mass is 16.5. The maximum Gasteiger partial charge on any atom is 0.321 e. The number of nitrogens with one attached hydrogen (secondary N) is 1. The molecule has 0 atom stereocenters. The maximum absolute atomic E-state index is 12.3. The van der Waals surface area contributed by atoms with Crippen molar-refractivity contribution in [1.29, 1.82) is 0 Å². The van der Waals surface area contributed by atoms with Gasteiger partial charge in [-0.2, -0.15) is 0 Å². The van der Waals surface area contributed by atoms with E-state index in [2.05, 4.69) is 15.2 Å². The Morgan fingerprint density at radius 2 is 1.70 bits per heavy atom. The van der Waals surface area contributed by atoms with E-state index in [1.807, 2.05) is 41.3 Å². The van der Waals surface area contributed by atoms with Crippen molar-refractivity contribution >= 4 is 17.4 Å². The van der Waals surface area contributed by atoms with Crippen LogP contribution in [-0.2, 0) is 0 Å². The lowest BCUT2D eigenvalue weighted by Crippen LogP contribution is -2.50. The normalized spacial score (nSPS) is 14.5. The van der Waals surface area contributed by atoms with Gasteiger partial charge in [0.15, 0.2) is 0 Å². The van der Waals surface area contributed by atoms with Crippen LogP contribution in [0.5, 0.6) is 5.75 Å². The number of methoxy groups -OCH3 is 1. The van der Waals surface area contributed by atoms with Gasteiger partial charge in [0.25, 0.3) is 0 Å². The molecule has 1 saturated heterocycles. The van der Waals surface area contributed by atoms with Crippen LogP contribution in [0.4, 0.5) is 16.2 Å². The smallest absolute Gasteiger partial charge is 0.321 e. The summed E-state index contributed by atoms with van der Waals surface area (Å²) in [5.74, 6) is 0.772. The summed E-state index contributed by atoms with van der Waals surface area (Å²) in [4.78, 5) is 20.5. The first kappa shape index (κ1) is 15.1. The zero-order chi connectivity index (χ0) is 16.1. The van der Waals surface area contributed by atoms with Crippen molar-refractivity contribution in [2.45, 2.75) is 0 Å². The number of anilines is 2. The van der Waals surface area contributed by atoms with E-state index in [4.69, 9.17) is 4.74 Å². The summed E-state index contributed by atoms with van der Waals surface area (Å²) in [5.41, 5.74) is 1.92. The van der Waals surface area contributed by atoms with Crippen LogP contribution in [0.25, 0.3) is 0 Å². The first-order chi connectivity index (χ1) is 11.3.